The quantitative estimate of drug-likeness (QED) is 0.183. The molecule has 9 nitrogen and oxygen atoms in total. The van der Waals surface area contributed by atoms with E-state index in [-0.39, 0.29) is 18.0 Å². The minimum Gasteiger partial charge on any atom is -0.473 e. The van der Waals surface area contributed by atoms with Gasteiger partial charge in [0.25, 0.3) is 0 Å². The minimum atomic E-state index is -1.82. The van der Waals surface area contributed by atoms with Crippen LogP contribution < -0.4 is 5.73 Å². The van der Waals surface area contributed by atoms with Gasteiger partial charge >= 0.3 is 11.9 Å². The lowest BCUT2D eigenvalue weighted by molar-refractivity contribution is -0.159. The van der Waals surface area contributed by atoms with Gasteiger partial charge in [0.2, 0.25) is 0 Å². The summed E-state index contributed by atoms with van der Waals surface area (Å²) in [7, 11) is 2.15. The zero-order chi connectivity index (χ0) is 26.8. The van der Waals surface area contributed by atoms with E-state index < -0.39 is 11.9 Å². The molecule has 200 valence electrons. The molecule has 3 aromatic rings. The Morgan fingerprint density at radius 3 is 2.59 bits per heavy atom. The molecule has 5 N–H and O–H groups in total. The molecule has 0 spiro atoms. The molecule has 1 aromatic heterocycles. The van der Waals surface area contributed by atoms with Crippen molar-refractivity contribution in [2.24, 2.45) is 5.73 Å². The summed E-state index contributed by atoms with van der Waals surface area (Å²) in [5.41, 5.74) is 8.13. The van der Waals surface area contributed by atoms with Crippen LogP contribution in [-0.4, -0.2) is 75.6 Å². The van der Waals surface area contributed by atoms with Crippen LogP contribution in [0, 0.1) is 5.82 Å². The van der Waals surface area contributed by atoms with E-state index in [1.807, 2.05) is 11.8 Å². The van der Waals surface area contributed by atoms with Gasteiger partial charge in [0.1, 0.15) is 17.7 Å². The first-order chi connectivity index (χ1) is 17.8. The smallest absolute Gasteiger partial charge is 0.414 e. The summed E-state index contributed by atoms with van der Waals surface area (Å²) in [6, 6.07) is 13.2. The number of nitrogens with one attached hydrogen (secondary N) is 1. The van der Waals surface area contributed by atoms with Crippen LogP contribution in [0.25, 0.3) is 11.0 Å². The van der Waals surface area contributed by atoms with Gasteiger partial charge in [-0.2, -0.15) is 0 Å². The molecule has 0 aliphatic carbocycles. The molecule has 1 unspecified atom stereocenters. The van der Waals surface area contributed by atoms with Crippen LogP contribution >= 0.6 is 11.8 Å². The molecule has 0 radical (unpaired) electrons. The van der Waals surface area contributed by atoms with Crippen LogP contribution in [0.3, 0.4) is 0 Å². The number of aromatic amines is 1. The fraction of sp³-hybridized carbons (Fsp3) is 0.423. The standard InChI is InChI=1S/C24H31FN4OS.C2H2O4/c1-29-12-9-19(10-13-29)30-23(24-27-21-8-7-18(25)16-22(21)28-24)17-5-4-6-20(15-17)31-14-3-2-11-26;3-1(4)2(5)6/h4-8,15-16,19,23H,2-3,9-14,26H2,1H3,(H,27,28);(H,3,4)(H,5,6). The number of nitrogens with two attached hydrogens (primary N) is 1. The zero-order valence-electron chi connectivity index (χ0n) is 20.7. The molecular formula is C26H33FN4O5S. The van der Waals surface area contributed by atoms with E-state index in [1.165, 1.54) is 17.0 Å². The monoisotopic (exact) mass is 532 g/mol. The molecule has 1 fully saturated rings. The number of fused-ring (bicyclic) bond motifs is 1. The highest BCUT2D eigenvalue weighted by Gasteiger charge is 2.26. The van der Waals surface area contributed by atoms with E-state index in [4.69, 9.17) is 35.3 Å². The van der Waals surface area contributed by atoms with Crippen molar-refractivity contribution in [3.05, 3.63) is 59.7 Å². The van der Waals surface area contributed by atoms with E-state index in [0.29, 0.717) is 5.52 Å². The van der Waals surface area contributed by atoms with Crippen molar-refractivity contribution in [3.8, 4) is 0 Å². The topological polar surface area (TPSA) is 142 Å². The predicted octanol–water partition coefficient (Wildman–Crippen LogP) is 3.89. The van der Waals surface area contributed by atoms with Crippen molar-refractivity contribution in [3.63, 3.8) is 0 Å². The SMILES string of the molecule is CN1CCC(OC(c2cccc(SCCCCN)c2)c2nc3cc(F)ccc3[nH]2)CC1.O=C(O)C(=O)O. The Morgan fingerprint density at radius 1 is 1.19 bits per heavy atom. The number of aromatic nitrogens is 2. The second-order valence-corrected chi connectivity index (χ2v) is 10.00. The molecular weight excluding hydrogens is 499 g/mol. The van der Waals surface area contributed by atoms with Crippen LogP contribution in [0.2, 0.25) is 0 Å². The molecule has 4 rings (SSSR count). The first-order valence-electron chi connectivity index (χ1n) is 12.1. The number of piperidine rings is 1. The lowest BCUT2D eigenvalue weighted by atomic mass is 10.1. The summed E-state index contributed by atoms with van der Waals surface area (Å²) in [4.78, 5) is 29.8. The van der Waals surface area contributed by atoms with Crippen molar-refractivity contribution in [1.82, 2.24) is 14.9 Å². The number of ether oxygens (including phenoxy) is 1. The summed E-state index contributed by atoms with van der Waals surface area (Å²) in [6.07, 6.45) is 4.01. The van der Waals surface area contributed by atoms with Crippen LogP contribution in [0.4, 0.5) is 4.39 Å². The third-order valence-corrected chi connectivity index (χ3v) is 7.00. The summed E-state index contributed by atoms with van der Waals surface area (Å²) >= 11 is 1.84. The fourth-order valence-electron chi connectivity index (χ4n) is 3.94. The second kappa shape index (κ2) is 14.1. The number of aliphatic carboxylic acids is 2. The molecule has 1 aliphatic heterocycles. The number of unbranched alkanes of at least 4 members (excludes halogenated alkanes) is 1. The number of nitrogens with zero attached hydrogens (tertiary/aromatic N) is 2. The number of hydrogen-bond donors (Lipinski definition) is 4. The molecule has 0 saturated carbocycles. The van der Waals surface area contributed by atoms with Gasteiger partial charge in [-0.3, -0.25) is 0 Å². The number of likely N-dealkylation sites (tertiary alicyclic amines) is 1. The summed E-state index contributed by atoms with van der Waals surface area (Å²) in [6.45, 7) is 2.79. The van der Waals surface area contributed by atoms with Gasteiger partial charge in [-0.25, -0.2) is 19.0 Å². The first kappa shape index (κ1) is 28.6. The molecule has 2 aromatic carbocycles. The molecule has 1 atom stereocenters. The number of hydrogen-bond acceptors (Lipinski definition) is 7. The maximum Gasteiger partial charge on any atom is 0.414 e. The lowest BCUT2D eigenvalue weighted by Crippen LogP contribution is -2.35. The molecule has 0 bridgehead atoms. The van der Waals surface area contributed by atoms with Gasteiger partial charge < -0.3 is 30.6 Å². The molecule has 0 amide bonds. The van der Waals surface area contributed by atoms with Crippen molar-refractivity contribution < 1.29 is 28.9 Å². The number of thioether (sulfide) groups is 1. The van der Waals surface area contributed by atoms with Crippen molar-refractivity contribution in [1.29, 1.82) is 0 Å². The van der Waals surface area contributed by atoms with Crippen LogP contribution in [0.15, 0.2) is 47.4 Å². The number of imidazole rings is 1. The average Bonchev–Trinajstić information content (AvgIpc) is 3.29. The van der Waals surface area contributed by atoms with E-state index in [9.17, 15) is 4.39 Å². The van der Waals surface area contributed by atoms with Gasteiger partial charge in [-0.05, 0) is 74.9 Å². The fourth-order valence-corrected chi connectivity index (χ4v) is 4.92. The van der Waals surface area contributed by atoms with Gasteiger partial charge in [0, 0.05) is 24.1 Å². The van der Waals surface area contributed by atoms with Crippen LogP contribution in [0.5, 0.6) is 0 Å². The highest BCUT2D eigenvalue weighted by molar-refractivity contribution is 7.99. The number of H-pyrrole nitrogens is 1. The lowest BCUT2D eigenvalue weighted by Gasteiger charge is -2.31. The number of halogens is 1. The molecule has 2 heterocycles. The third kappa shape index (κ3) is 8.81. The van der Waals surface area contributed by atoms with Crippen molar-refractivity contribution in [2.45, 2.75) is 42.8 Å². The van der Waals surface area contributed by atoms with Gasteiger partial charge in [-0.15, -0.1) is 11.8 Å². The first-order valence-corrected chi connectivity index (χ1v) is 13.1. The van der Waals surface area contributed by atoms with E-state index >= 15 is 0 Å². The molecule has 37 heavy (non-hydrogen) atoms. The Bertz CT molecular complexity index is 1170. The Balaban J connectivity index is 0.000000568. The highest BCUT2D eigenvalue weighted by atomic mass is 32.2. The number of carbonyl (C=O) groups is 2. The van der Waals surface area contributed by atoms with E-state index in [2.05, 4.69) is 41.2 Å². The Hall–Kier alpha value is -2.99. The van der Waals surface area contributed by atoms with Gasteiger partial charge in [-0.1, -0.05) is 12.1 Å². The highest BCUT2D eigenvalue weighted by Crippen LogP contribution is 2.32. The van der Waals surface area contributed by atoms with Crippen molar-refractivity contribution >= 4 is 34.7 Å². The van der Waals surface area contributed by atoms with Gasteiger partial charge in [0.05, 0.1) is 17.1 Å². The number of benzene rings is 2. The third-order valence-electron chi connectivity index (χ3n) is 5.92. The maximum absolute atomic E-state index is 13.7. The summed E-state index contributed by atoms with van der Waals surface area (Å²) in [5.74, 6) is -2.16. The van der Waals surface area contributed by atoms with E-state index in [1.54, 1.807) is 6.07 Å². The van der Waals surface area contributed by atoms with Gasteiger partial charge in [0.15, 0.2) is 0 Å². The number of carboxylic acid groups (broad SMARTS) is 2. The minimum absolute atomic E-state index is 0.173. The molecule has 1 aliphatic rings. The van der Waals surface area contributed by atoms with Crippen molar-refractivity contribution in [2.75, 3.05) is 32.4 Å². The Labute approximate surface area is 219 Å². The zero-order valence-corrected chi connectivity index (χ0v) is 21.5. The van der Waals surface area contributed by atoms with Crippen LogP contribution in [-0.2, 0) is 14.3 Å². The largest absolute Gasteiger partial charge is 0.473 e. The number of rotatable bonds is 9. The normalized spacial score (nSPS) is 15.2. The average molecular weight is 533 g/mol. The van der Waals surface area contributed by atoms with E-state index in [0.717, 1.165) is 68.0 Å². The Morgan fingerprint density at radius 2 is 1.92 bits per heavy atom. The molecule has 11 heteroatoms. The summed E-state index contributed by atoms with van der Waals surface area (Å²) < 4.78 is 20.3. The predicted molar refractivity (Wildman–Crippen MR) is 140 cm³/mol. The van der Waals surface area contributed by atoms with Crippen LogP contribution in [0.1, 0.15) is 43.2 Å². The second-order valence-electron chi connectivity index (χ2n) is 8.83. The maximum atomic E-state index is 13.7. The molecule has 1 saturated heterocycles. The number of carboxylic acids is 2. The Kier molecular flexibility index (Phi) is 10.9. The summed E-state index contributed by atoms with van der Waals surface area (Å²) in [5, 5.41) is 14.8.